The van der Waals surface area contributed by atoms with E-state index in [9.17, 15) is 0 Å². The number of rotatable bonds is 7. The van der Waals surface area contributed by atoms with Gasteiger partial charge in [0.25, 0.3) is 0 Å². The molecule has 3 aromatic rings. The maximum Gasteiger partial charge on any atom is 0.0878 e. The van der Waals surface area contributed by atoms with Crippen LogP contribution in [0.2, 0.25) is 0 Å². The Hall–Kier alpha value is -1.80. The Morgan fingerprint density at radius 3 is 1.88 bits per heavy atom. The second-order valence-electron chi connectivity index (χ2n) is 5.82. The van der Waals surface area contributed by atoms with Gasteiger partial charge in [-0.15, -0.1) is 0 Å². The smallest absolute Gasteiger partial charge is 0.0878 e. The van der Waals surface area contributed by atoms with E-state index >= 15 is 0 Å². The summed E-state index contributed by atoms with van der Waals surface area (Å²) in [6.45, 7) is 2.69. The third-order valence-corrected chi connectivity index (χ3v) is 9.04. The lowest BCUT2D eigenvalue weighted by atomic mass is 10.2. The SMILES string of the molecule is CCOC(CP(=S)(c1ccccc1)c1ccccc1)c1ccncc1. The van der Waals surface area contributed by atoms with Crippen molar-refractivity contribution in [1.82, 2.24) is 4.98 Å². The number of benzene rings is 2. The molecule has 0 amide bonds. The predicted octanol–water partition coefficient (Wildman–Crippen LogP) is 4.29. The largest absolute Gasteiger partial charge is 0.373 e. The molecule has 25 heavy (non-hydrogen) atoms. The summed E-state index contributed by atoms with van der Waals surface area (Å²) in [5, 5.41) is 2.46. The second-order valence-corrected chi connectivity index (χ2v) is 10.6. The van der Waals surface area contributed by atoms with Crippen molar-refractivity contribution in [1.29, 1.82) is 0 Å². The van der Waals surface area contributed by atoms with Crippen LogP contribution in [0.15, 0.2) is 85.2 Å². The zero-order chi connectivity index (χ0) is 17.5. The van der Waals surface area contributed by atoms with Crippen molar-refractivity contribution >= 4 is 28.5 Å². The zero-order valence-corrected chi connectivity index (χ0v) is 16.0. The van der Waals surface area contributed by atoms with E-state index in [-0.39, 0.29) is 6.10 Å². The van der Waals surface area contributed by atoms with Gasteiger partial charge in [-0.1, -0.05) is 72.5 Å². The van der Waals surface area contributed by atoms with Crippen molar-refractivity contribution in [2.45, 2.75) is 13.0 Å². The summed E-state index contributed by atoms with van der Waals surface area (Å²) >= 11 is 6.34. The highest BCUT2D eigenvalue weighted by molar-refractivity contribution is 8.21. The van der Waals surface area contributed by atoms with Crippen molar-refractivity contribution in [3.63, 3.8) is 0 Å². The molecule has 1 heterocycles. The highest BCUT2D eigenvalue weighted by Crippen LogP contribution is 2.47. The number of nitrogens with zero attached hydrogens (tertiary/aromatic N) is 1. The Morgan fingerprint density at radius 1 is 0.880 bits per heavy atom. The first-order valence-electron chi connectivity index (χ1n) is 8.46. The summed E-state index contributed by atoms with van der Waals surface area (Å²) in [6.07, 6.45) is 4.40. The van der Waals surface area contributed by atoms with Gasteiger partial charge in [0.2, 0.25) is 0 Å². The Bertz CT molecular complexity index is 781. The molecule has 2 aromatic carbocycles. The fourth-order valence-electron chi connectivity index (χ4n) is 2.96. The average molecular weight is 367 g/mol. The number of aromatic nitrogens is 1. The molecule has 2 nitrogen and oxygen atoms in total. The lowest BCUT2D eigenvalue weighted by Gasteiger charge is -2.28. The van der Waals surface area contributed by atoms with E-state index < -0.39 is 6.04 Å². The highest BCUT2D eigenvalue weighted by Gasteiger charge is 2.27. The van der Waals surface area contributed by atoms with E-state index in [1.165, 1.54) is 10.6 Å². The van der Waals surface area contributed by atoms with Crippen molar-refractivity contribution in [2.75, 3.05) is 12.8 Å². The van der Waals surface area contributed by atoms with Crippen molar-refractivity contribution in [2.24, 2.45) is 0 Å². The molecule has 4 heteroatoms. The van der Waals surface area contributed by atoms with Crippen LogP contribution in [0.4, 0.5) is 0 Å². The number of ether oxygens (including phenoxy) is 1. The third kappa shape index (κ3) is 4.24. The fourth-order valence-corrected chi connectivity index (χ4v) is 6.91. The van der Waals surface area contributed by atoms with Crippen LogP contribution in [-0.4, -0.2) is 17.8 Å². The van der Waals surface area contributed by atoms with Crippen LogP contribution >= 0.6 is 6.04 Å². The summed E-state index contributed by atoms with van der Waals surface area (Å²) < 4.78 is 6.10. The molecule has 0 aliphatic rings. The summed E-state index contributed by atoms with van der Waals surface area (Å²) in [4.78, 5) is 4.13. The minimum absolute atomic E-state index is 0.0285. The van der Waals surface area contributed by atoms with Crippen LogP contribution in [0.25, 0.3) is 0 Å². The maximum atomic E-state index is 6.34. The summed E-state index contributed by atoms with van der Waals surface area (Å²) in [5.41, 5.74) is 1.14. The standard InChI is InChI=1S/C21H22NOPS/c1-2-23-21(18-13-15-22-16-14-18)17-24(25,19-9-5-3-6-10-19)20-11-7-4-8-12-20/h3-16,21H,2,17H2,1H3. The number of hydrogen-bond acceptors (Lipinski definition) is 3. The van der Waals surface area contributed by atoms with Crippen molar-refractivity contribution in [3.8, 4) is 0 Å². The molecular formula is C21H22NOPS. The van der Waals surface area contributed by atoms with Gasteiger partial charge in [-0.25, -0.2) is 0 Å². The Kier molecular flexibility index (Phi) is 6.14. The fraction of sp³-hybridized carbons (Fsp3) is 0.190. The first-order chi connectivity index (χ1) is 12.2. The molecule has 0 aliphatic carbocycles. The van der Waals surface area contributed by atoms with E-state index in [4.69, 9.17) is 16.5 Å². The molecule has 1 aromatic heterocycles. The summed E-state index contributed by atoms with van der Waals surface area (Å²) in [6, 6.07) is 23.0. The average Bonchev–Trinajstić information content (AvgIpc) is 2.69. The molecule has 0 bridgehead atoms. The zero-order valence-electron chi connectivity index (χ0n) is 14.3. The molecule has 0 radical (unpaired) electrons. The Balaban J connectivity index is 2.04. The van der Waals surface area contributed by atoms with Gasteiger partial charge < -0.3 is 4.74 Å². The van der Waals surface area contributed by atoms with Gasteiger partial charge in [-0.3, -0.25) is 4.98 Å². The molecule has 1 unspecified atom stereocenters. The van der Waals surface area contributed by atoms with Gasteiger partial charge in [-0.2, -0.15) is 0 Å². The lowest BCUT2D eigenvalue weighted by molar-refractivity contribution is 0.0792. The van der Waals surface area contributed by atoms with E-state index in [1.54, 1.807) is 0 Å². The van der Waals surface area contributed by atoms with Crippen molar-refractivity contribution < 1.29 is 4.74 Å². The van der Waals surface area contributed by atoms with Crippen LogP contribution in [-0.2, 0) is 16.5 Å². The van der Waals surface area contributed by atoms with Gasteiger partial charge in [0.1, 0.15) is 0 Å². The molecule has 128 valence electrons. The molecular weight excluding hydrogens is 345 g/mol. The molecule has 0 saturated carbocycles. The van der Waals surface area contributed by atoms with E-state index in [2.05, 4.69) is 53.5 Å². The van der Waals surface area contributed by atoms with Crippen LogP contribution in [0, 0.1) is 0 Å². The van der Waals surface area contributed by atoms with Gasteiger partial charge >= 0.3 is 0 Å². The first-order valence-corrected chi connectivity index (χ1v) is 11.4. The van der Waals surface area contributed by atoms with Gasteiger partial charge in [0, 0.05) is 31.2 Å². The topological polar surface area (TPSA) is 22.1 Å². The lowest BCUT2D eigenvalue weighted by Crippen LogP contribution is -2.22. The molecule has 0 spiro atoms. The normalized spacial score (nSPS) is 12.7. The van der Waals surface area contributed by atoms with Crippen molar-refractivity contribution in [3.05, 3.63) is 90.8 Å². The molecule has 0 aliphatic heterocycles. The van der Waals surface area contributed by atoms with Crippen LogP contribution in [0.3, 0.4) is 0 Å². The molecule has 0 fully saturated rings. The minimum atomic E-state index is -1.99. The molecule has 3 rings (SSSR count). The van der Waals surface area contributed by atoms with E-state index in [0.717, 1.165) is 11.7 Å². The van der Waals surface area contributed by atoms with Gasteiger partial charge in [0.15, 0.2) is 0 Å². The number of pyridine rings is 1. The maximum absolute atomic E-state index is 6.34. The van der Waals surface area contributed by atoms with Crippen LogP contribution in [0.1, 0.15) is 18.6 Å². The molecule has 0 saturated heterocycles. The predicted molar refractivity (Wildman–Crippen MR) is 110 cm³/mol. The number of hydrogen-bond donors (Lipinski definition) is 0. The highest BCUT2D eigenvalue weighted by atomic mass is 32.4. The van der Waals surface area contributed by atoms with E-state index in [1.807, 2.05) is 43.6 Å². The first kappa shape index (κ1) is 18.0. The summed E-state index contributed by atoms with van der Waals surface area (Å²) in [7, 11) is 0. The quantitative estimate of drug-likeness (QED) is 0.582. The van der Waals surface area contributed by atoms with Crippen LogP contribution < -0.4 is 10.6 Å². The monoisotopic (exact) mass is 367 g/mol. The third-order valence-electron chi connectivity index (χ3n) is 4.22. The Morgan fingerprint density at radius 2 is 1.40 bits per heavy atom. The summed E-state index contributed by atoms with van der Waals surface area (Å²) in [5.74, 6) is 0. The van der Waals surface area contributed by atoms with Crippen LogP contribution in [0.5, 0.6) is 0 Å². The van der Waals surface area contributed by atoms with E-state index in [0.29, 0.717) is 6.61 Å². The molecule has 1 atom stereocenters. The van der Waals surface area contributed by atoms with Gasteiger partial charge in [0.05, 0.1) is 6.10 Å². The Labute approximate surface area is 154 Å². The second kappa shape index (κ2) is 8.53. The molecule has 0 N–H and O–H groups in total. The van der Waals surface area contributed by atoms with Gasteiger partial charge in [-0.05, 0) is 35.2 Å². The minimum Gasteiger partial charge on any atom is -0.373 e.